The maximum Gasteiger partial charge on any atom is 0.435 e. The lowest BCUT2D eigenvalue weighted by Crippen LogP contribution is -2.26. The van der Waals surface area contributed by atoms with Gasteiger partial charge in [-0.25, -0.2) is 4.39 Å². The Morgan fingerprint density at radius 2 is 2.05 bits per heavy atom. The number of rotatable bonds is 2. The summed E-state index contributed by atoms with van der Waals surface area (Å²) in [5.41, 5.74) is 0.533. The Morgan fingerprint density at radius 3 is 2.73 bits per heavy atom. The smallest absolute Gasteiger partial charge is 0.311 e. The van der Waals surface area contributed by atoms with Gasteiger partial charge in [0, 0.05) is 12.1 Å². The van der Waals surface area contributed by atoms with E-state index in [1.807, 2.05) is 0 Å². The highest BCUT2D eigenvalue weighted by Gasteiger charge is 2.39. The number of alkyl halides is 3. The number of nitrogens with zero attached hydrogens (tertiary/aromatic N) is 2. The van der Waals surface area contributed by atoms with Crippen LogP contribution in [0.25, 0.3) is 0 Å². The molecule has 8 heteroatoms. The summed E-state index contributed by atoms with van der Waals surface area (Å²) >= 11 is 0. The molecule has 0 bridgehead atoms. The lowest BCUT2D eigenvalue weighted by atomic mass is 10.1. The second-order valence-electron chi connectivity index (χ2n) is 4.99. The van der Waals surface area contributed by atoms with Gasteiger partial charge in [0.1, 0.15) is 5.82 Å². The molecule has 1 N–H and O–H groups in total. The topological polar surface area (TPSA) is 29.9 Å². The van der Waals surface area contributed by atoms with Crippen LogP contribution < -0.4 is 5.32 Å². The second kappa shape index (κ2) is 6.26. The van der Waals surface area contributed by atoms with Gasteiger partial charge in [-0.2, -0.15) is 18.3 Å². The highest BCUT2D eigenvalue weighted by molar-refractivity contribution is 5.85. The van der Waals surface area contributed by atoms with Gasteiger partial charge in [-0.3, -0.25) is 4.68 Å². The lowest BCUT2D eigenvalue weighted by molar-refractivity contribution is -0.142. The minimum Gasteiger partial charge on any atom is -0.311 e. The molecule has 0 amide bonds. The van der Waals surface area contributed by atoms with Crippen molar-refractivity contribution in [2.75, 3.05) is 6.54 Å². The third-order valence-electron chi connectivity index (χ3n) is 3.50. The van der Waals surface area contributed by atoms with Crippen LogP contribution in [0, 0.1) is 5.82 Å². The molecule has 0 saturated carbocycles. The zero-order valence-electron chi connectivity index (χ0n) is 11.5. The number of fused-ring (bicyclic) bond motifs is 1. The average Bonchev–Trinajstić information content (AvgIpc) is 2.78. The maximum absolute atomic E-state index is 13.2. The molecule has 1 aliphatic heterocycles. The summed E-state index contributed by atoms with van der Waals surface area (Å²) in [6.07, 6.45) is -4.16. The Morgan fingerprint density at radius 1 is 1.27 bits per heavy atom. The Kier molecular flexibility index (Phi) is 4.77. The molecular weight excluding hydrogens is 322 g/mol. The highest BCUT2D eigenvalue weighted by atomic mass is 35.5. The third-order valence-corrected chi connectivity index (χ3v) is 3.50. The van der Waals surface area contributed by atoms with E-state index >= 15 is 0 Å². The van der Waals surface area contributed by atoms with E-state index in [1.165, 1.54) is 22.9 Å². The Bertz CT molecular complexity index is 667. The predicted octanol–water partition coefficient (Wildman–Crippen LogP) is 3.16. The molecular formula is C14H14ClF4N3. The molecule has 1 aromatic heterocycles. The summed E-state index contributed by atoms with van der Waals surface area (Å²) in [5, 5.41) is 6.76. The number of nitrogens with one attached hydrogen (secondary N) is 1. The molecule has 0 atom stereocenters. The first-order chi connectivity index (χ1) is 9.95. The van der Waals surface area contributed by atoms with Crippen molar-refractivity contribution in [1.29, 1.82) is 0 Å². The maximum atomic E-state index is 13.2. The van der Waals surface area contributed by atoms with Gasteiger partial charge < -0.3 is 5.32 Å². The van der Waals surface area contributed by atoms with Crippen molar-refractivity contribution >= 4 is 12.4 Å². The van der Waals surface area contributed by atoms with Crippen molar-refractivity contribution in [2.24, 2.45) is 0 Å². The van der Waals surface area contributed by atoms with Crippen molar-refractivity contribution < 1.29 is 17.6 Å². The predicted molar refractivity (Wildman–Crippen MR) is 75.4 cm³/mol. The molecule has 22 heavy (non-hydrogen) atoms. The van der Waals surface area contributed by atoms with Gasteiger partial charge in [-0.1, -0.05) is 12.1 Å². The van der Waals surface area contributed by atoms with Crippen molar-refractivity contribution in [3.05, 3.63) is 52.6 Å². The number of aromatic nitrogens is 2. The largest absolute Gasteiger partial charge is 0.435 e. The first-order valence-electron chi connectivity index (χ1n) is 6.56. The van der Waals surface area contributed by atoms with Gasteiger partial charge in [0.25, 0.3) is 0 Å². The SMILES string of the molecule is Cl.Fc1cccc(Cn2nc(C(F)(F)F)c3c2CNCC3)c1. The highest BCUT2D eigenvalue weighted by Crippen LogP contribution is 2.34. The number of benzene rings is 1. The van der Waals surface area contributed by atoms with E-state index in [2.05, 4.69) is 10.4 Å². The van der Waals surface area contributed by atoms with Crippen LogP contribution in [0.5, 0.6) is 0 Å². The van der Waals surface area contributed by atoms with Crippen LogP contribution >= 0.6 is 12.4 Å². The molecule has 2 heterocycles. The van der Waals surface area contributed by atoms with Gasteiger partial charge in [-0.05, 0) is 30.7 Å². The molecule has 120 valence electrons. The average molecular weight is 336 g/mol. The number of hydrogen-bond acceptors (Lipinski definition) is 2. The quantitative estimate of drug-likeness (QED) is 0.854. The Labute approximate surface area is 130 Å². The molecule has 0 radical (unpaired) electrons. The molecule has 2 aromatic rings. The van der Waals surface area contributed by atoms with Crippen LogP contribution in [-0.4, -0.2) is 16.3 Å². The fourth-order valence-corrected chi connectivity index (χ4v) is 2.58. The van der Waals surface area contributed by atoms with Crippen molar-refractivity contribution in [3.8, 4) is 0 Å². The molecule has 0 aliphatic carbocycles. The molecule has 0 fully saturated rings. The van der Waals surface area contributed by atoms with Gasteiger partial charge in [-0.15, -0.1) is 12.4 Å². The van der Waals surface area contributed by atoms with Crippen LogP contribution in [-0.2, 0) is 25.7 Å². The molecule has 3 nitrogen and oxygen atoms in total. The van der Waals surface area contributed by atoms with E-state index in [1.54, 1.807) is 6.07 Å². The van der Waals surface area contributed by atoms with Gasteiger partial charge in [0.15, 0.2) is 5.69 Å². The molecule has 1 aliphatic rings. The summed E-state index contributed by atoms with van der Waals surface area (Å²) in [5.74, 6) is -0.414. The van der Waals surface area contributed by atoms with Crippen molar-refractivity contribution in [1.82, 2.24) is 15.1 Å². The van der Waals surface area contributed by atoms with Crippen molar-refractivity contribution in [3.63, 3.8) is 0 Å². The monoisotopic (exact) mass is 335 g/mol. The first kappa shape index (κ1) is 16.8. The van der Waals surface area contributed by atoms with Crippen LogP contribution in [0.2, 0.25) is 0 Å². The summed E-state index contributed by atoms with van der Waals surface area (Å²) in [7, 11) is 0. The molecule has 0 unspecified atom stereocenters. The van der Waals surface area contributed by atoms with E-state index in [0.717, 1.165) is 0 Å². The summed E-state index contributed by atoms with van der Waals surface area (Å²) in [6.45, 7) is 0.966. The van der Waals surface area contributed by atoms with Crippen LogP contribution in [0.15, 0.2) is 24.3 Å². The lowest BCUT2D eigenvalue weighted by Gasteiger charge is -2.16. The van der Waals surface area contributed by atoms with E-state index in [9.17, 15) is 17.6 Å². The Balaban J connectivity index is 0.00000176. The van der Waals surface area contributed by atoms with Crippen LogP contribution in [0.1, 0.15) is 22.5 Å². The van der Waals surface area contributed by atoms with E-state index < -0.39 is 17.7 Å². The molecule has 0 saturated heterocycles. The van der Waals surface area contributed by atoms with Gasteiger partial charge in [0.05, 0.1) is 12.2 Å². The van der Waals surface area contributed by atoms with E-state index in [0.29, 0.717) is 30.8 Å². The fourth-order valence-electron chi connectivity index (χ4n) is 2.58. The molecule has 1 aromatic carbocycles. The number of halogens is 5. The zero-order valence-corrected chi connectivity index (χ0v) is 12.3. The standard InChI is InChI=1S/C14H13F4N3.ClH/c15-10-3-1-2-9(6-10)8-21-12-7-19-5-4-11(12)13(20-21)14(16,17)18;/h1-3,6,19H,4-5,7-8H2;1H. The minimum absolute atomic E-state index is 0. The zero-order chi connectivity index (χ0) is 15.0. The van der Waals surface area contributed by atoms with Crippen molar-refractivity contribution in [2.45, 2.75) is 25.7 Å². The van der Waals surface area contributed by atoms with Crippen LogP contribution in [0.4, 0.5) is 17.6 Å². The summed E-state index contributed by atoms with van der Waals surface area (Å²) in [4.78, 5) is 0. The van der Waals surface area contributed by atoms with Crippen LogP contribution in [0.3, 0.4) is 0 Å². The summed E-state index contributed by atoms with van der Waals surface area (Å²) < 4.78 is 53.6. The Hall–Kier alpha value is -1.60. The second-order valence-corrected chi connectivity index (χ2v) is 4.99. The first-order valence-corrected chi connectivity index (χ1v) is 6.56. The van der Waals surface area contributed by atoms with Gasteiger partial charge >= 0.3 is 6.18 Å². The fraction of sp³-hybridized carbons (Fsp3) is 0.357. The summed E-state index contributed by atoms with van der Waals surface area (Å²) in [6, 6.07) is 5.80. The number of hydrogen-bond donors (Lipinski definition) is 1. The van der Waals surface area contributed by atoms with E-state index in [-0.39, 0.29) is 24.5 Å². The molecule has 3 rings (SSSR count). The third kappa shape index (κ3) is 3.25. The normalized spacial score (nSPS) is 14.4. The molecule has 0 spiro atoms. The minimum atomic E-state index is -4.46. The van der Waals surface area contributed by atoms with Gasteiger partial charge in [0.2, 0.25) is 0 Å². The van der Waals surface area contributed by atoms with E-state index in [4.69, 9.17) is 0 Å².